The van der Waals surface area contributed by atoms with E-state index >= 15 is 0 Å². The quantitative estimate of drug-likeness (QED) is 0.0533. The predicted octanol–water partition coefficient (Wildman–Crippen LogP) is 2.46. The second-order valence-electron chi connectivity index (χ2n) is 19.2. The van der Waals surface area contributed by atoms with Crippen LogP contribution < -0.4 is 26.8 Å². The van der Waals surface area contributed by atoms with Gasteiger partial charge in [-0.3, -0.25) is 13.9 Å². The number of aliphatic hydroxyl groups excluding tert-OH is 2. The molecule has 0 aliphatic carbocycles. The smallest absolute Gasteiger partial charge is 0.387 e. The summed E-state index contributed by atoms with van der Waals surface area (Å²) >= 11 is 1.87. The van der Waals surface area contributed by atoms with E-state index in [1.165, 1.54) is 10.9 Å². The molecule has 2 aromatic rings. The van der Waals surface area contributed by atoms with Crippen LogP contribution >= 0.6 is 35.2 Å². The Balaban J connectivity index is 0.991. The summed E-state index contributed by atoms with van der Waals surface area (Å²) in [6.45, 7) is 14.5. The lowest BCUT2D eigenvalue weighted by Gasteiger charge is -2.33. The van der Waals surface area contributed by atoms with Crippen molar-refractivity contribution in [1.29, 1.82) is 0 Å². The molecular formula is C36H65N10O14P3S. The number of nitrogen functional groups attached to an aromatic ring is 1. The highest BCUT2D eigenvalue weighted by molar-refractivity contribution is 8.00. The number of phosphoric acid groups is 2. The number of imidazole rings is 1. The van der Waals surface area contributed by atoms with Crippen molar-refractivity contribution in [3.8, 4) is 0 Å². The monoisotopic (exact) mass is 986 g/mol. The second kappa shape index (κ2) is 20.5. The SMILES string of the molecule is CC(C[C@@H]1SC[C@@H]2NC(=O)N[C@@H]21)CC(C)(C)C(=O)NCC(C)(C)CCN(C)CCC(C)(C)CNP(=O)(O)OP(=O)(O)OP(=O)(O)OCC1OC(n2cnc3c(N)ncnc32)C(O)C1O. The van der Waals surface area contributed by atoms with Crippen LogP contribution in [0.25, 0.3) is 11.2 Å². The maximum atomic E-state index is 13.4. The molecule has 0 radical (unpaired) electrons. The minimum atomic E-state index is -5.74. The van der Waals surface area contributed by atoms with Gasteiger partial charge in [0.1, 0.15) is 30.2 Å². The molecule has 3 aliphatic heterocycles. The summed E-state index contributed by atoms with van der Waals surface area (Å²) in [6, 6.07) is 0.176. The first-order chi connectivity index (χ1) is 29.5. The predicted molar refractivity (Wildman–Crippen MR) is 236 cm³/mol. The minimum absolute atomic E-state index is 0.00836. The van der Waals surface area contributed by atoms with Crippen LogP contribution in [0.15, 0.2) is 12.7 Å². The first-order valence-electron chi connectivity index (χ1n) is 20.9. The molecule has 3 aliphatic rings. The number of anilines is 1. The van der Waals surface area contributed by atoms with Crippen molar-refractivity contribution >= 4 is 64.1 Å². The maximum Gasteiger partial charge on any atom is 0.489 e. The molecular weight excluding hydrogens is 921 g/mol. The summed E-state index contributed by atoms with van der Waals surface area (Å²) in [7, 11) is -14.4. The summed E-state index contributed by atoms with van der Waals surface area (Å²) in [6.07, 6.45) is -0.806. The van der Waals surface area contributed by atoms with E-state index in [1.807, 2.05) is 32.7 Å². The van der Waals surface area contributed by atoms with Gasteiger partial charge in [-0.15, -0.1) is 0 Å². The van der Waals surface area contributed by atoms with Gasteiger partial charge in [0, 0.05) is 29.5 Å². The third-order valence-electron chi connectivity index (χ3n) is 11.7. The van der Waals surface area contributed by atoms with E-state index in [4.69, 9.17) is 15.0 Å². The Bertz CT molecular complexity index is 2120. The Morgan fingerprint density at radius 2 is 1.67 bits per heavy atom. The zero-order valence-corrected chi connectivity index (χ0v) is 40.8. The van der Waals surface area contributed by atoms with Gasteiger partial charge in [-0.1, -0.05) is 48.5 Å². The highest BCUT2D eigenvalue weighted by atomic mass is 32.2. The fourth-order valence-corrected chi connectivity index (χ4v) is 13.5. The molecule has 28 heteroatoms. The molecule has 5 heterocycles. The van der Waals surface area contributed by atoms with Crippen LogP contribution in [0.5, 0.6) is 0 Å². The zero-order valence-electron chi connectivity index (χ0n) is 37.3. The summed E-state index contributed by atoms with van der Waals surface area (Å²) in [4.78, 5) is 69.8. The first kappa shape index (κ1) is 52.7. The number of carbonyl (C=O) groups excluding carboxylic acids is 2. The summed E-state index contributed by atoms with van der Waals surface area (Å²) in [5.74, 6) is 1.21. The molecule has 0 spiro atoms. The first-order valence-corrected chi connectivity index (χ1v) is 26.5. The van der Waals surface area contributed by atoms with Crippen molar-refractivity contribution in [2.24, 2.45) is 22.2 Å². The Hall–Kier alpha value is -2.31. The van der Waals surface area contributed by atoms with Gasteiger partial charge in [0.05, 0.1) is 25.0 Å². The van der Waals surface area contributed by atoms with Crippen molar-refractivity contribution in [2.45, 2.75) is 116 Å². The van der Waals surface area contributed by atoms with Gasteiger partial charge >= 0.3 is 29.4 Å². The number of carbonyl (C=O) groups is 2. The largest absolute Gasteiger partial charge is 0.489 e. The van der Waals surface area contributed by atoms with Gasteiger partial charge in [-0.2, -0.15) is 20.4 Å². The minimum Gasteiger partial charge on any atom is -0.387 e. The summed E-state index contributed by atoms with van der Waals surface area (Å²) in [5.41, 5.74) is 4.68. The Morgan fingerprint density at radius 3 is 2.34 bits per heavy atom. The van der Waals surface area contributed by atoms with Crippen LogP contribution in [0, 0.1) is 22.2 Å². The van der Waals surface area contributed by atoms with E-state index in [2.05, 4.69) is 70.3 Å². The molecule has 24 nitrogen and oxygen atoms in total. The van der Waals surface area contributed by atoms with Crippen LogP contribution in [-0.2, 0) is 36.4 Å². The lowest BCUT2D eigenvalue weighted by Crippen LogP contribution is -2.43. The van der Waals surface area contributed by atoms with Gasteiger partial charge in [0.2, 0.25) is 5.91 Å². The standard InChI is InChI=1S/C36H65N10O14P3S/c1-21(13-24-25-22(16-64-24)43-33(50)44-25)14-36(6,7)32(49)38-17-34(2,3)9-11-45(8)12-10-35(4,5)18-42-61(51,52)59-63(55,56)60-62(53,54)57-15-23-27(47)28(48)31(58-23)46-20-41-26-29(37)39-19-40-30(26)46/h19-25,27-28,31,47-48H,9-18H2,1-8H3,(H,38,49)(H,53,54)(H,55,56)(H2,37,39,40)(H2,42,51,52)(H2,43,44,50)/t21?,22-,23?,24-,25-,27?,28?,31?/m0/s1. The number of aromatic nitrogens is 4. The van der Waals surface area contributed by atoms with Crippen LogP contribution in [0.1, 0.15) is 80.4 Å². The Labute approximate surface area is 376 Å². The lowest BCUT2D eigenvalue weighted by molar-refractivity contribution is -0.130. The topological polar surface area (TPSA) is 344 Å². The van der Waals surface area contributed by atoms with Crippen LogP contribution in [0.4, 0.5) is 10.6 Å². The van der Waals surface area contributed by atoms with E-state index in [0.29, 0.717) is 37.7 Å². The van der Waals surface area contributed by atoms with E-state index in [9.17, 15) is 48.2 Å². The van der Waals surface area contributed by atoms with Crippen LogP contribution in [0.2, 0.25) is 0 Å². The summed E-state index contributed by atoms with van der Waals surface area (Å²) in [5, 5.41) is 32.8. The van der Waals surface area contributed by atoms with Gasteiger partial charge in [-0.05, 0) is 62.6 Å². The Morgan fingerprint density at radius 1 is 1.02 bits per heavy atom. The number of nitrogens with one attached hydrogen (secondary N) is 4. The van der Waals surface area contributed by atoms with Gasteiger partial charge in [0.15, 0.2) is 17.7 Å². The molecule has 0 aromatic carbocycles. The number of hydrogen-bond acceptors (Lipinski definition) is 17. The Kier molecular flexibility index (Phi) is 16.9. The average Bonchev–Trinajstić information content (AvgIpc) is 3.93. The third-order valence-corrected chi connectivity index (χ3v) is 17.6. The molecule has 8 unspecified atom stereocenters. The van der Waals surface area contributed by atoms with E-state index in [0.717, 1.165) is 24.9 Å². The number of amides is 3. The number of thioether (sulfide) groups is 1. The molecule has 3 saturated heterocycles. The number of urea groups is 1. The number of nitrogens with zero attached hydrogens (tertiary/aromatic N) is 5. The fourth-order valence-electron chi connectivity index (χ4n) is 7.85. The molecule has 2 aromatic heterocycles. The molecule has 5 rings (SSSR count). The van der Waals surface area contributed by atoms with Gasteiger partial charge < -0.3 is 56.2 Å². The van der Waals surface area contributed by atoms with Crippen molar-refractivity contribution in [2.75, 3.05) is 51.3 Å². The molecule has 3 amide bonds. The van der Waals surface area contributed by atoms with Gasteiger partial charge in [0.25, 0.3) is 0 Å². The van der Waals surface area contributed by atoms with E-state index in [1.54, 1.807) is 13.8 Å². The van der Waals surface area contributed by atoms with Crippen LogP contribution in [-0.4, -0.2) is 142 Å². The van der Waals surface area contributed by atoms with Crippen molar-refractivity contribution in [3.63, 3.8) is 0 Å². The number of phosphoric ester groups is 1. The fraction of sp³-hybridized carbons (Fsp3) is 0.806. The maximum absolute atomic E-state index is 13.4. The second-order valence-corrected chi connectivity index (χ2v) is 25.3. The van der Waals surface area contributed by atoms with Crippen molar-refractivity contribution in [1.82, 2.24) is 45.5 Å². The normalized spacial score (nSPS) is 27.4. The van der Waals surface area contributed by atoms with E-state index in [-0.39, 0.29) is 58.9 Å². The summed E-state index contributed by atoms with van der Waals surface area (Å²) < 4.78 is 58.2. The molecule has 11 atom stereocenters. The molecule has 0 bridgehead atoms. The van der Waals surface area contributed by atoms with Crippen LogP contribution in [0.3, 0.4) is 0 Å². The molecule has 364 valence electrons. The molecule has 3 fully saturated rings. The zero-order chi connectivity index (χ0) is 47.6. The molecule has 64 heavy (non-hydrogen) atoms. The molecule has 0 saturated carbocycles. The number of hydrogen-bond donors (Lipinski definition) is 10. The average molecular weight is 987 g/mol. The number of fused-ring (bicyclic) bond motifs is 2. The number of nitrogens with two attached hydrogens (primary N) is 1. The highest BCUT2D eigenvalue weighted by Crippen LogP contribution is 2.66. The number of rotatable bonds is 24. The van der Waals surface area contributed by atoms with Crippen molar-refractivity contribution in [3.05, 3.63) is 12.7 Å². The third kappa shape index (κ3) is 14.4. The molecule has 11 N–H and O–H groups in total. The van der Waals surface area contributed by atoms with Crippen molar-refractivity contribution < 1.29 is 66.1 Å². The van der Waals surface area contributed by atoms with E-state index < -0.39 is 65.4 Å². The lowest BCUT2D eigenvalue weighted by atomic mass is 9.80. The highest BCUT2D eigenvalue weighted by Gasteiger charge is 2.48. The number of ether oxygens (including phenoxy) is 1. The van der Waals surface area contributed by atoms with Gasteiger partial charge in [-0.25, -0.2) is 38.5 Å². The number of aliphatic hydroxyl groups is 2.